The second-order valence-corrected chi connectivity index (χ2v) is 6.72. The van der Waals surface area contributed by atoms with E-state index in [0.29, 0.717) is 13.2 Å². The average Bonchev–Trinajstić information content (AvgIpc) is 2.91. The molecular formula is C11H20O7S. The summed E-state index contributed by atoms with van der Waals surface area (Å²) in [5.74, 6) is -1.21. The third-order valence-electron chi connectivity index (χ3n) is 2.34. The van der Waals surface area contributed by atoms with Crippen LogP contribution in [0.2, 0.25) is 0 Å². The Kier molecular flexibility index (Phi) is 5.31. The van der Waals surface area contributed by atoms with Crippen molar-refractivity contribution in [2.75, 3.05) is 19.0 Å². The highest BCUT2D eigenvalue weighted by Gasteiger charge is 2.30. The van der Waals surface area contributed by atoms with Gasteiger partial charge in [0.1, 0.15) is 17.5 Å². The van der Waals surface area contributed by atoms with E-state index in [1.807, 2.05) is 0 Å². The van der Waals surface area contributed by atoms with Gasteiger partial charge in [0.2, 0.25) is 0 Å². The Morgan fingerprint density at radius 3 is 2.58 bits per heavy atom. The standard InChI is InChI=1S/C11H20O7S/c1-8(16-5-9-6-17-9)4-10(12)18-11(2,3)7-19(13,14)15/h8-9H,4-7H2,1-3H3,(H,13,14,15). The Morgan fingerprint density at radius 2 is 2.11 bits per heavy atom. The molecule has 1 aliphatic heterocycles. The van der Waals surface area contributed by atoms with Crippen LogP contribution in [0.15, 0.2) is 0 Å². The first-order valence-corrected chi connectivity index (χ1v) is 7.58. The van der Waals surface area contributed by atoms with Crippen LogP contribution in [0.3, 0.4) is 0 Å². The molecule has 8 heteroatoms. The fourth-order valence-corrected chi connectivity index (χ4v) is 2.49. The molecule has 0 aromatic rings. The van der Waals surface area contributed by atoms with Gasteiger partial charge in [-0.1, -0.05) is 0 Å². The van der Waals surface area contributed by atoms with Gasteiger partial charge in [-0.25, -0.2) is 0 Å². The average molecular weight is 296 g/mol. The SMILES string of the molecule is CC(CC(=O)OC(C)(C)CS(=O)(=O)O)OCC1CO1. The lowest BCUT2D eigenvalue weighted by atomic mass is 10.2. The first-order chi connectivity index (χ1) is 8.57. The van der Waals surface area contributed by atoms with E-state index in [-0.39, 0.29) is 18.6 Å². The molecular weight excluding hydrogens is 276 g/mol. The Bertz CT molecular complexity index is 411. The van der Waals surface area contributed by atoms with E-state index in [1.165, 1.54) is 13.8 Å². The van der Waals surface area contributed by atoms with E-state index in [0.717, 1.165) is 0 Å². The summed E-state index contributed by atoms with van der Waals surface area (Å²) in [6.45, 7) is 5.67. The Balaban J connectivity index is 2.31. The first-order valence-electron chi connectivity index (χ1n) is 5.97. The zero-order valence-corrected chi connectivity index (χ0v) is 12.1. The number of rotatable bonds is 8. The summed E-state index contributed by atoms with van der Waals surface area (Å²) in [5, 5.41) is 0. The third kappa shape index (κ3) is 8.14. The van der Waals surface area contributed by atoms with E-state index >= 15 is 0 Å². The normalized spacial score (nSPS) is 20.9. The van der Waals surface area contributed by atoms with Crippen LogP contribution in [0.25, 0.3) is 0 Å². The third-order valence-corrected chi connectivity index (χ3v) is 3.40. The van der Waals surface area contributed by atoms with Crippen molar-refractivity contribution in [1.29, 1.82) is 0 Å². The predicted molar refractivity (Wildman–Crippen MR) is 66.4 cm³/mol. The number of carbonyl (C=O) groups is 1. The first kappa shape index (κ1) is 16.4. The van der Waals surface area contributed by atoms with Crippen LogP contribution in [0, 0.1) is 0 Å². The molecule has 0 aliphatic carbocycles. The molecule has 19 heavy (non-hydrogen) atoms. The molecule has 1 N–H and O–H groups in total. The maximum atomic E-state index is 11.6. The summed E-state index contributed by atoms with van der Waals surface area (Å²) in [4.78, 5) is 11.6. The molecule has 0 bridgehead atoms. The van der Waals surface area contributed by atoms with Gasteiger partial charge in [0.05, 0.1) is 25.7 Å². The molecule has 1 heterocycles. The van der Waals surface area contributed by atoms with Crippen molar-refractivity contribution in [1.82, 2.24) is 0 Å². The number of ether oxygens (including phenoxy) is 3. The predicted octanol–water partition coefficient (Wildman–Crippen LogP) is 0.390. The molecule has 1 rings (SSSR count). The van der Waals surface area contributed by atoms with Crippen LogP contribution in [0.1, 0.15) is 27.2 Å². The van der Waals surface area contributed by atoms with Gasteiger partial charge in [-0.05, 0) is 20.8 Å². The van der Waals surface area contributed by atoms with Crippen molar-refractivity contribution >= 4 is 16.1 Å². The van der Waals surface area contributed by atoms with Gasteiger partial charge in [0, 0.05) is 0 Å². The summed E-state index contributed by atoms with van der Waals surface area (Å²) in [6.07, 6.45) is -0.200. The maximum Gasteiger partial charge on any atom is 0.308 e. The molecule has 1 fully saturated rings. The van der Waals surface area contributed by atoms with Crippen molar-refractivity contribution in [2.45, 2.75) is 45.0 Å². The minimum Gasteiger partial charge on any atom is -0.458 e. The monoisotopic (exact) mass is 296 g/mol. The topological polar surface area (TPSA) is 102 Å². The molecule has 0 aromatic heterocycles. The van der Waals surface area contributed by atoms with Crippen molar-refractivity contribution in [2.24, 2.45) is 0 Å². The van der Waals surface area contributed by atoms with Crippen molar-refractivity contribution < 1.29 is 32.0 Å². The summed E-state index contributed by atoms with van der Waals surface area (Å²) in [5.41, 5.74) is -1.27. The molecule has 0 radical (unpaired) electrons. The second kappa shape index (κ2) is 6.17. The summed E-state index contributed by atoms with van der Waals surface area (Å²) < 4.78 is 45.6. The minimum atomic E-state index is -4.19. The van der Waals surface area contributed by atoms with Gasteiger partial charge in [-0.2, -0.15) is 8.42 Å². The molecule has 1 aliphatic rings. The smallest absolute Gasteiger partial charge is 0.308 e. The largest absolute Gasteiger partial charge is 0.458 e. The number of hydrogen-bond acceptors (Lipinski definition) is 6. The van der Waals surface area contributed by atoms with Gasteiger partial charge in [-0.3, -0.25) is 9.35 Å². The number of epoxide rings is 1. The molecule has 0 aromatic carbocycles. The number of hydrogen-bond donors (Lipinski definition) is 1. The fraction of sp³-hybridized carbons (Fsp3) is 0.909. The van der Waals surface area contributed by atoms with Crippen LogP contribution in [0.5, 0.6) is 0 Å². The summed E-state index contributed by atoms with van der Waals surface area (Å²) >= 11 is 0. The maximum absolute atomic E-state index is 11.6. The molecule has 2 atom stereocenters. The molecule has 2 unspecified atom stereocenters. The Labute approximate surface area is 113 Å². The Morgan fingerprint density at radius 1 is 1.53 bits per heavy atom. The lowest BCUT2D eigenvalue weighted by Crippen LogP contribution is -2.36. The molecule has 0 amide bonds. The Hall–Kier alpha value is -0.700. The van der Waals surface area contributed by atoms with Gasteiger partial charge in [0.25, 0.3) is 10.1 Å². The van der Waals surface area contributed by atoms with Crippen LogP contribution in [0.4, 0.5) is 0 Å². The van der Waals surface area contributed by atoms with Crippen molar-refractivity contribution in [3.8, 4) is 0 Å². The lowest BCUT2D eigenvalue weighted by molar-refractivity contribution is -0.157. The highest BCUT2D eigenvalue weighted by molar-refractivity contribution is 7.85. The number of carbonyl (C=O) groups excluding carboxylic acids is 1. The van der Waals surface area contributed by atoms with E-state index < -0.39 is 27.4 Å². The van der Waals surface area contributed by atoms with Gasteiger partial charge >= 0.3 is 5.97 Å². The van der Waals surface area contributed by atoms with Crippen LogP contribution in [-0.2, 0) is 29.1 Å². The van der Waals surface area contributed by atoms with E-state index in [1.54, 1.807) is 6.92 Å². The summed E-state index contributed by atoms with van der Waals surface area (Å²) in [7, 11) is -4.19. The quantitative estimate of drug-likeness (QED) is 0.392. The van der Waals surface area contributed by atoms with Crippen LogP contribution < -0.4 is 0 Å². The molecule has 7 nitrogen and oxygen atoms in total. The van der Waals surface area contributed by atoms with Crippen LogP contribution >= 0.6 is 0 Å². The van der Waals surface area contributed by atoms with Gasteiger partial charge in [0.15, 0.2) is 0 Å². The number of esters is 1. The molecule has 112 valence electrons. The van der Waals surface area contributed by atoms with Crippen LogP contribution in [-0.4, -0.2) is 55.7 Å². The highest BCUT2D eigenvalue weighted by Crippen LogP contribution is 2.15. The highest BCUT2D eigenvalue weighted by atomic mass is 32.2. The van der Waals surface area contributed by atoms with Crippen molar-refractivity contribution in [3.63, 3.8) is 0 Å². The zero-order valence-electron chi connectivity index (χ0n) is 11.3. The summed E-state index contributed by atoms with van der Waals surface area (Å²) in [6, 6.07) is 0. The fourth-order valence-electron chi connectivity index (χ4n) is 1.55. The van der Waals surface area contributed by atoms with E-state index in [9.17, 15) is 13.2 Å². The molecule has 0 spiro atoms. The lowest BCUT2D eigenvalue weighted by Gasteiger charge is -2.24. The van der Waals surface area contributed by atoms with Gasteiger partial charge in [-0.15, -0.1) is 0 Å². The zero-order chi connectivity index (χ0) is 14.7. The molecule has 0 saturated carbocycles. The van der Waals surface area contributed by atoms with Crippen molar-refractivity contribution in [3.05, 3.63) is 0 Å². The molecule has 1 saturated heterocycles. The van der Waals surface area contributed by atoms with Gasteiger partial charge < -0.3 is 14.2 Å². The van der Waals surface area contributed by atoms with E-state index in [4.69, 9.17) is 18.8 Å². The van der Waals surface area contributed by atoms with E-state index in [2.05, 4.69) is 0 Å². The second-order valence-electron chi connectivity index (χ2n) is 5.26. The minimum absolute atomic E-state index is 0.0155.